The summed E-state index contributed by atoms with van der Waals surface area (Å²) in [6.45, 7) is 0.770. The number of carbonyl (C=O) groups is 1. The summed E-state index contributed by atoms with van der Waals surface area (Å²) in [6, 6.07) is 1.56. The second-order valence-corrected chi connectivity index (χ2v) is 7.71. The molecule has 1 unspecified atom stereocenters. The average Bonchev–Trinajstić information content (AvgIpc) is 2.82. The number of nitrogens with one attached hydrogen (secondary N) is 2. The maximum absolute atomic E-state index is 11.7. The molecule has 22 heavy (non-hydrogen) atoms. The number of hydrogen-bond donors (Lipinski definition) is 2. The van der Waals surface area contributed by atoms with Crippen molar-refractivity contribution in [3.05, 3.63) is 18.5 Å². The van der Waals surface area contributed by atoms with Gasteiger partial charge >= 0.3 is 0 Å². The van der Waals surface area contributed by atoms with E-state index in [0.29, 0.717) is 18.8 Å². The summed E-state index contributed by atoms with van der Waals surface area (Å²) in [7, 11) is -2.93. The van der Waals surface area contributed by atoms with Crippen molar-refractivity contribution >= 4 is 21.7 Å². The molecule has 7 nitrogen and oxygen atoms in total. The lowest BCUT2D eigenvalue weighted by molar-refractivity contribution is -0.121. The summed E-state index contributed by atoms with van der Waals surface area (Å²) in [5, 5.41) is 5.91. The highest BCUT2D eigenvalue weighted by molar-refractivity contribution is 7.91. The molecule has 1 amide bonds. The third-order valence-corrected chi connectivity index (χ3v) is 5.29. The van der Waals surface area contributed by atoms with Crippen molar-refractivity contribution in [1.29, 1.82) is 0 Å². The fourth-order valence-electron chi connectivity index (χ4n) is 2.39. The van der Waals surface area contributed by atoms with Crippen LogP contribution in [0.3, 0.4) is 0 Å². The van der Waals surface area contributed by atoms with E-state index in [9.17, 15) is 13.2 Å². The molecule has 1 saturated heterocycles. The van der Waals surface area contributed by atoms with E-state index in [4.69, 9.17) is 0 Å². The van der Waals surface area contributed by atoms with Gasteiger partial charge in [-0.15, -0.1) is 0 Å². The zero-order valence-corrected chi connectivity index (χ0v) is 13.3. The number of unbranched alkanes of at least 4 members (excludes halogenated alkanes) is 2. The van der Waals surface area contributed by atoms with Crippen LogP contribution in [-0.2, 0) is 14.6 Å². The van der Waals surface area contributed by atoms with Gasteiger partial charge in [-0.25, -0.2) is 18.4 Å². The van der Waals surface area contributed by atoms with Gasteiger partial charge in [0, 0.05) is 31.4 Å². The Morgan fingerprint density at radius 3 is 2.68 bits per heavy atom. The number of aromatic nitrogens is 2. The summed E-state index contributed by atoms with van der Waals surface area (Å²) >= 11 is 0. The minimum Gasteiger partial charge on any atom is -0.354 e. The van der Waals surface area contributed by atoms with Crippen molar-refractivity contribution in [2.24, 2.45) is 0 Å². The Balaban J connectivity index is 1.51. The highest BCUT2D eigenvalue weighted by atomic mass is 32.2. The standard InChI is InChI=1S/C14H22N4O3S/c19-13(18-12-6-10-22(20,21)11-12)5-2-1-3-7-15-14-16-8-4-9-17-14/h4,8-9,12H,1-3,5-7,10-11H2,(H,18,19)(H,15,16,17). The molecule has 2 rings (SSSR count). The maximum atomic E-state index is 11.7. The molecule has 1 aromatic rings. The third kappa shape index (κ3) is 5.97. The van der Waals surface area contributed by atoms with Crippen molar-refractivity contribution in [3.8, 4) is 0 Å². The van der Waals surface area contributed by atoms with Crippen LogP contribution < -0.4 is 10.6 Å². The first-order valence-electron chi connectivity index (χ1n) is 7.56. The second-order valence-electron chi connectivity index (χ2n) is 5.48. The van der Waals surface area contributed by atoms with Gasteiger partial charge in [0.25, 0.3) is 0 Å². The predicted molar refractivity (Wildman–Crippen MR) is 84.2 cm³/mol. The van der Waals surface area contributed by atoms with Gasteiger partial charge in [0.1, 0.15) is 0 Å². The van der Waals surface area contributed by atoms with Gasteiger partial charge < -0.3 is 10.6 Å². The van der Waals surface area contributed by atoms with Crippen molar-refractivity contribution in [2.75, 3.05) is 23.4 Å². The van der Waals surface area contributed by atoms with Crippen LogP contribution in [0, 0.1) is 0 Å². The Bertz CT molecular complexity index is 577. The first-order chi connectivity index (χ1) is 10.6. The minimum atomic E-state index is -2.93. The Kier molecular flexibility index (Phi) is 6.11. The van der Waals surface area contributed by atoms with Crippen molar-refractivity contribution in [3.63, 3.8) is 0 Å². The van der Waals surface area contributed by atoms with Crippen LogP contribution in [0.25, 0.3) is 0 Å². The largest absolute Gasteiger partial charge is 0.354 e. The fourth-order valence-corrected chi connectivity index (χ4v) is 4.06. The van der Waals surface area contributed by atoms with Crippen LogP contribution in [-0.4, -0.2) is 48.4 Å². The molecule has 0 bridgehead atoms. The highest BCUT2D eigenvalue weighted by Gasteiger charge is 2.28. The molecular formula is C14H22N4O3S. The fraction of sp³-hybridized carbons (Fsp3) is 0.643. The normalized spacial score (nSPS) is 19.7. The molecule has 0 spiro atoms. The predicted octanol–water partition coefficient (Wildman–Crippen LogP) is 0.752. The summed E-state index contributed by atoms with van der Waals surface area (Å²) in [5.74, 6) is 0.828. The molecule has 2 heterocycles. The van der Waals surface area contributed by atoms with E-state index in [2.05, 4.69) is 20.6 Å². The maximum Gasteiger partial charge on any atom is 0.222 e. The van der Waals surface area contributed by atoms with Gasteiger partial charge in [0.2, 0.25) is 11.9 Å². The molecule has 1 aromatic heterocycles. The number of anilines is 1. The molecule has 8 heteroatoms. The molecule has 1 aliphatic rings. The van der Waals surface area contributed by atoms with Gasteiger partial charge in [0.15, 0.2) is 9.84 Å². The summed E-state index contributed by atoms with van der Waals surface area (Å²) in [4.78, 5) is 19.8. The Hall–Kier alpha value is -1.70. The lowest BCUT2D eigenvalue weighted by atomic mass is 10.1. The van der Waals surface area contributed by atoms with Gasteiger partial charge in [0.05, 0.1) is 11.5 Å². The van der Waals surface area contributed by atoms with Crippen molar-refractivity contribution < 1.29 is 13.2 Å². The summed E-state index contributed by atoms with van der Waals surface area (Å²) in [5.41, 5.74) is 0. The van der Waals surface area contributed by atoms with E-state index in [1.807, 2.05) is 0 Å². The van der Waals surface area contributed by atoms with Crippen molar-refractivity contribution in [2.45, 2.75) is 38.1 Å². The quantitative estimate of drug-likeness (QED) is 0.684. The smallest absolute Gasteiger partial charge is 0.222 e. The molecular weight excluding hydrogens is 304 g/mol. The van der Waals surface area contributed by atoms with Gasteiger partial charge in [-0.3, -0.25) is 4.79 Å². The SMILES string of the molecule is O=C(CCCCCNc1ncccn1)NC1CCS(=O)(=O)C1. The van der Waals surface area contributed by atoms with E-state index in [1.165, 1.54) is 0 Å². The number of hydrogen-bond acceptors (Lipinski definition) is 6. The first kappa shape index (κ1) is 16.7. The molecule has 1 atom stereocenters. The number of rotatable bonds is 8. The molecule has 0 aliphatic carbocycles. The number of sulfone groups is 1. The summed E-state index contributed by atoms with van der Waals surface area (Å²) in [6.07, 6.45) is 7.00. The molecule has 0 radical (unpaired) electrons. The average molecular weight is 326 g/mol. The number of nitrogens with zero attached hydrogens (tertiary/aromatic N) is 2. The Labute approximate surface area is 130 Å². The van der Waals surface area contributed by atoms with E-state index in [-0.39, 0.29) is 23.5 Å². The van der Waals surface area contributed by atoms with E-state index >= 15 is 0 Å². The zero-order chi connectivity index (χ0) is 15.8. The molecule has 2 N–H and O–H groups in total. The molecule has 1 fully saturated rings. The van der Waals surface area contributed by atoms with Crippen LogP contribution in [0.2, 0.25) is 0 Å². The van der Waals surface area contributed by atoms with E-state index in [1.54, 1.807) is 18.5 Å². The lowest BCUT2D eigenvalue weighted by Crippen LogP contribution is -2.35. The van der Waals surface area contributed by atoms with Crippen molar-refractivity contribution in [1.82, 2.24) is 15.3 Å². The minimum absolute atomic E-state index is 0.0542. The van der Waals surface area contributed by atoms with E-state index < -0.39 is 9.84 Å². The summed E-state index contributed by atoms with van der Waals surface area (Å²) < 4.78 is 22.6. The zero-order valence-electron chi connectivity index (χ0n) is 12.5. The molecule has 1 aliphatic heterocycles. The lowest BCUT2D eigenvalue weighted by Gasteiger charge is -2.10. The monoisotopic (exact) mass is 326 g/mol. The van der Waals surface area contributed by atoms with E-state index in [0.717, 1.165) is 25.8 Å². The number of amides is 1. The third-order valence-electron chi connectivity index (χ3n) is 3.53. The molecule has 122 valence electrons. The topological polar surface area (TPSA) is 101 Å². The molecule has 0 saturated carbocycles. The molecule has 0 aromatic carbocycles. The van der Waals surface area contributed by atoms with Crippen LogP contribution in [0.1, 0.15) is 32.1 Å². The van der Waals surface area contributed by atoms with Gasteiger partial charge in [-0.1, -0.05) is 6.42 Å². The van der Waals surface area contributed by atoms with Crippen LogP contribution in [0.4, 0.5) is 5.95 Å². The van der Waals surface area contributed by atoms with Gasteiger partial charge in [-0.2, -0.15) is 0 Å². The number of carbonyl (C=O) groups excluding carboxylic acids is 1. The Morgan fingerprint density at radius 2 is 2.00 bits per heavy atom. The Morgan fingerprint density at radius 1 is 1.23 bits per heavy atom. The highest BCUT2D eigenvalue weighted by Crippen LogP contribution is 2.11. The van der Waals surface area contributed by atoms with Crippen LogP contribution >= 0.6 is 0 Å². The first-order valence-corrected chi connectivity index (χ1v) is 9.38. The van der Waals surface area contributed by atoms with Crippen LogP contribution in [0.15, 0.2) is 18.5 Å². The van der Waals surface area contributed by atoms with Gasteiger partial charge in [-0.05, 0) is 25.3 Å². The van der Waals surface area contributed by atoms with Crippen LogP contribution in [0.5, 0.6) is 0 Å². The second kappa shape index (κ2) is 8.07.